The normalized spacial score (nSPS) is 10.8. The molecular formula is C18H18F2N4. The zero-order chi connectivity index (χ0) is 17.1. The summed E-state index contributed by atoms with van der Waals surface area (Å²) >= 11 is 0. The maximum absolute atomic E-state index is 13.5. The van der Waals surface area contributed by atoms with Crippen molar-refractivity contribution in [1.29, 1.82) is 0 Å². The molecule has 0 fully saturated rings. The molecule has 0 spiro atoms. The number of hydrogen-bond acceptors (Lipinski definition) is 3. The van der Waals surface area contributed by atoms with E-state index in [9.17, 15) is 8.78 Å². The van der Waals surface area contributed by atoms with Gasteiger partial charge in [0.25, 0.3) is 0 Å². The second-order valence-corrected chi connectivity index (χ2v) is 5.32. The lowest BCUT2D eigenvalue weighted by Crippen LogP contribution is -2.34. The maximum atomic E-state index is 13.5. The molecule has 0 saturated heterocycles. The molecule has 0 atom stereocenters. The van der Waals surface area contributed by atoms with Crippen LogP contribution in [0.1, 0.15) is 13.8 Å². The van der Waals surface area contributed by atoms with E-state index in [4.69, 9.17) is 0 Å². The average molecular weight is 328 g/mol. The van der Waals surface area contributed by atoms with Crippen molar-refractivity contribution in [2.45, 2.75) is 13.8 Å². The van der Waals surface area contributed by atoms with Gasteiger partial charge in [-0.15, -0.1) is 0 Å². The van der Waals surface area contributed by atoms with Crippen LogP contribution in [0.5, 0.6) is 0 Å². The predicted molar refractivity (Wildman–Crippen MR) is 90.1 cm³/mol. The van der Waals surface area contributed by atoms with Crippen LogP contribution in [0.4, 0.5) is 8.78 Å². The summed E-state index contributed by atoms with van der Waals surface area (Å²) in [5, 5.41) is 6.67. The Morgan fingerprint density at radius 3 is 2.33 bits per heavy atom. The Bertz CT molecular complexity index is 823. The van der Waals surface area contributed by atoms with Gasteiger partial charge < -0.3 is 0 Å². The number of pyridine rings is 1. The first kappa shape index (κ1) is 16.1. The van der Waals surface area contributed by atoms with Crippen LogP contribution in [0.15, 0.2) is 48.8 Å². The number of aromatic nitrogens is 3. The highest BCUT2D eigenvalue weighted by Gasteiger charge is 2.16. The maximum Gasteiger partial charge on any atom is 0.213 e. The van der Waals surface area contributed by atoms with Gasteiger partial charge in [-0.25, -0.2) is 9.37 Å². The van der Waals surface area contributed by atoms with Gasteiger partial charge >= 0.3 is 0 Å². The van der Waals surface area contributed by atoms with E-state index < -0.39 is 5.95 Å². The Kier molecular flexibility index (Phi) is 4.55. The minimum atomic E-state index is -0.548. The largest absolute Gasteiger partial charge is 0.298 e. The number of benzene rings is 1. The zero-order valence-electron chi connectivity index (χ0n) is 13.6. The molecule has 24 heavy (non-hydrogen) atoms. The predicted octanol–water partition coefficient (Wildman–Crippen LogP) is 3.87. The fourth-order valence-corrected chi connectivity index (χ4v) is 2.62. The molecule has 0 aliphatic carbocycles. The Morgan fingerprint density at radius 1 is 1.00 bits per heavy atom. The highest BCUT2D eigenvalue weighted by Crippen LogP contribution is 2.31. The molecule has 0 amide bonds. The van der Waals surface area contributed by atoms with Crippen molar-refractivity contribution in [3.63, 3.8) is 0 Å². The van der Waals surface area contributed by atoms with Gasteiger partial charge in [-0.3, -0.25) is 5.01 Å². The molecule has 0 unspecified atom stereocenters. The average Bonchev–Trinajstić information content (AvgIpc) is 3.02. The summed E-state index contributed by atoms with van der Waals surface area (Å²) in [6, 6.07) is 9.23. The van der Waals surface area contributed by atoms with E-state index in [2.05, 4.69) is 10.1 Å². The summed E-state index contributed by atoms with van der Waals surface area (Å²) in [5.41, 5.74) is 2.90. The SMILES string of the molecule is CCN(CC)n1cc(-c2ccnc(F)c2)c(-c2ccc(F)cc2)n1. The van der Waals surface area contributed by atoms with Crippen LogP contribution in [-0.2, 0) is 0 Å². The van der Waals surface area contributed by atoms with Gasteiger partial charge in [0.15, 0.2) is 0 Å². The van der Waals surface area contributed by atoms with Crippen LogP contribution in [-0.4, -0.2) is 28.0 Å². The molecule has 0 N–H and O–H groups in total. The first-order valence-corrected chi connectivity index (χ1v) is 7.85. The van der Waals surface area contributed by atoms with E-state index in [1.54, 1.807) is 23.0 Å². The molecule has 1 aromatic carbocycles. The second kappa shape index (κ2) is 6.78. The quantitative estimate of drug-likeness (QED) is 0.667. The van der Waals surface area contributed by atoms with Crippen molar-refractivity contribution in [2.24, 2.45) is 0 Å². The minimum Gasteiger partial charge on any atom is -0.298 e. The van der Waals surface area contributed by atoms with Gasteiger partial charge in [0, 0.05) is 36.5 Å². The first-order chi connectivity index (χ1) is 11.6. The molecule has 3 aromatic rings. The zero-order valence-corrected chi connectivity index (χ0v) is 13.6. The van der Waals surface area contributed by atoms with E-state index in [1.165, 1.54) is 24.4 Å². The van der Waals surface area contributed by atoms with E-state index >= 15 is 0 Å². The van der Waals surface area contributed by atoms with E-state index in [1.807, 2.05) is 25.1 Å². The van der Waals surface area contributed by atoms with Gasteiger partial charge in [0.05, 0.1) is 6.20 Å². The third-order valence-electron chi connectivity index (χ3n) is 3.88. The lowest BCUT2D eigenvalue weighted by molar-refractivity contribution is 0.558. The molecule has 0 radical (unpaired) electrons. The molecule has 6 heteroatoms. The van der Waals surface area contributed by atoms with Gasteiger partial charge in [0.2, 0.25) is 5.95 Å². The topological polar surface area (TPSA) is 34.0 Å². The van der Waals surface area contributed by atoms with Gasteiger partial charge in [-0.2, -0.15) is 14.3 Å². The van der Waals surface area contributed by atoms with Crippen LogP contribution in [0.3, 0.4) is 0 Å². The number of hydrogen-bond donors (Lipinski definition) is 0. The first-order valence-electron chi connectivity index (χ1n) is 7.85. The molecule has 3 rings (SSSR count). The van der Waals surface area contributed by atoms with Crippen molar-refractivity contribution in [3.05, 3.63) is 60.6 Å². The molecule has 0 saturated carbocycles. The molecular weight excluding hydrogens is 310 g/mol. The van der Waals surface area contributed by atoms with Crippen molar-refractivity contribution in [2.75, 3.05) is 18.1 Å². The van der Waals surface area contributed by atoms with Crippen molar-refractivity contribution in [1.82, 2.24) is 14.9 Å². The molecule has 2 heterocycles. The van der Waals surface area contributed by atoms with Gasteiger partial charge in [-0.1, -0.05) is 0 Å². The minimum absolute atomic E-state index is 0.307. The van der Waals surface area contributed by atoms with Crippen LogP contribution >= 0.6 is 0 Å². The smallest absolute Gasteiger partial charge is 0.213 e. The molecule has 0 aliphatic heterocycles. The summed E-state index contributed by atoms with van der Waals surface area (Å²) in [4.78, 5) is 5.36. The summed E-state index contributed by atoms with van der Waals surface area (Å²) in [6.07, 6.45) is 3.29. The van der Waals surface area contributed by atoms with Gasteiger partial charge in [0.1, 0.15) is 11.5 Å². The van der Waals surface area contributed by atoms with Crippen LogP contribution in [0, 0.1) is 11.8 Å². The summed E-state index contributed by atoms with van der Waals surface area (Å²) in [6.45, 7) is 5.64. The summed E-state index contributed by atoms with van der Waals surface area (Å²) < 4.78 is 26.8. The van der Waals surface area contributed by atoms with Crippen molar-refractivity contribution >= 4 is 0 Å². The van der Waals surface area contributed by atoms with Gasteiger partial charge in [-0.05, 0) is 49.7 Å². The Morgan fingerprint density at radius 2 is 1.71 bits per heavy atom. The molecule has 2 aromatic heterocycles. The Hall–Kier alpha value is -2.76. The summed E-state index contributed by atoms with van der Waals surface area (Å²) in [5.74, 6) is -0.855. The highest BCUT2D eigenvalue weighted by atomic mass is 19.1. The molecule has 4 nitrogen and oxygen atoms in total. The molecule has 124 valence electrons. The van der Waals surface area contributed by atoms with E-state index in [0.29, 0.717) is 11.3 Å². The number of halogens is 2. The standard InChI is InChI=1S/C18H18F2N4/c1-3-23(4-2)24-12-16(14-9-10-21-17(20)11-14)18(22-24)13-5-7-15(19)8-6-13/h5-12H,3-4H2,1-2H3. The Labute approximate surface area is 139 Å². The third-order valence-corrected chi connectivity index (χ3v) is 3.88. The van der Waals surface area contributed by atoms with Crippen molar-refractivity contribution < 1.29 is 8.78 Å². The molecule has 0 aliphatic rings. The molecule has 0 bridgehead atoms. The van der Waals surface area contributed by atoms with Crippen molar-refractivity contribution in [3.8, 4) is 22.4 Å². The van der Waals surface area contributed by atoms with E-state index in [-0.39, 0.29) is 5.82 Å². The lowest BCUT2D eigenvalue weighted by atomic mass is 10.0. The number of rotatable bonds is 5. The van der Waals surface area contributed by atoms with Crippen LogP contribution in [0.2, 0.25) is 0 Å². The van der Waals surface area contributed by atoms with E-state index in [0.717, 1.165) is 24.2 Å². The second-order valence-electron chi connectivity index (χ2n) is 5.32. The van der Waals surface area contributed by atoms with Crippen LogP contribution < -0.4 is 5.01 Å². The fraction of sp³-hybridized carbons (Fsp3) is 0.222. The Balaban J connectivity index is 2.16. The monoisotopic (exact) mass is 328 g/mol. The summed E-state index contributed by atoms with van der Waals surface area (Å²) in [7, 11) is 0. The van der Waals surface area contributed by atoms with Crippen LogP contribution in [0.25, 0.3) is 22.4 Å². The number of nitrogens with zero attached hydrogens (tertiary/aromatic N) is 4. The third kappa shape index (κ3) is 3.13. The fourth-order valence-electron chi connectivity index (χ4n) is 2.62. The highest BCUT2D eigenvalue weighted by molar-refractivity contribution is 5.80. The lowest BCUT2D eigenvalue weighted by Gasteiger charge is -2.20.